The maximum absolute atomic E-state index is 13.7. The van der Waals surface area contributed by atoms with Gasteiger partial charge in [0.2, 0.25) is 5.95 Å². The summed E-state index contributed by atoms with van der Waals surface area (Å²) < 4.78 is 13.7. The first-order valence-electron chi connectivity index (χ1n) is 5.74. The van der Waals surface area contributed by atoms with Gasteiger partial charge in [-0.15, -0.1) is 0 Å². The molecule has 0 saturated heterocycles. The Balaban J connectivity index is 3.03. The van der Waals surface area contributed by atoms with Gasteiger partial charge in [0.25, 0.3) is 0 Å². The quantitative estimate of drug-likeness (QED) is 0.786. The van der Waals surface area contributed by atoms with E-state index in [1.165, 1.54) is 0 Å². The van der Waals surface area contributed by atoms with E-state index < -0.39 is 5.82 Å². The summed E-state index contributed by atoms with van der Waals surface area (Å²) in [5, 5.41) is 11.9. The number of anilines is 2. The average molecular weight is 242 g/mol. The zero-order valence-electron chi connectivity index (χ0n) is 10.4. The molecule has 0 aliphatic heterocycles. The van der Waals surface area contributed by atoms with Crippen molar-refractivity contribution in [2.24, 2.45) is 0 Å². The van der Waals surface area contributed by atoms with Crippen LogP contribution in [0.1, 0.15) is 20.8 Å². The molecule has 1 aromatic heterocycles. The number of hydrogen-bond acceptors (Lipinski definition) is 5. The van der Waals surface area contributed by atoms with Gasteiger partial charge in [-0.3, -0.25) is 0 Å². The third-order valence-electron chi connectivity index (χ3n) is 2.30. The van der Waals surface area contributed by atoms with E-state index in [4.69, 9.17) is 5.11 Å². The normalized spacial score (nSPS) is 10.7. The largest absolute Gasteiger partial charge is 0.395 e. The van der Waals surface area contributed by atoms with Crippen molar-refractivity contribution in [2.75, 3.05) is 29.9 Å². The van der Waals surface area contributed by atoms with Crippen LogP contribution in [0.15, 0.2) is 6.20 Å². The van der Waals surface area contributed by atoms with E-state index in [-0.39, 0.29) is 18.5 Å². The summed E-state index contributed by atoms with van der Waals surface area (Å²) in [5.41, 5.74) is 0. The van der Waals surface area contributed by atoms with Crippen molar-refractivity contribution in [3.05, 3.63) is 12.0 Å². The Morgan fingerprint density at radius 2 is 2.24 bits per heavy atom. The van der Waals surface area contributed by atoms with Crippen LogP contribution in [0.2, 0.25) is 0 Å². The van der Waals surface area contributed by atoms with Gasteiger partial charge in [0, 0.05) is 19.1 Å². The molecule has 0 unspecified atom stereocenters. The Hall–Kier alpha value is -1.43. The summed E-state index contributed by atoms with van der Waals surface area (Å²) in [7, 11) is 0. The van der Waals surface area contributed by atoms with Crippen molar-refractivity contribution in [3.63, 3.8) is 0 Å². The second-order valence-electron chi connectivity index (χ2n) is 3.91. The second-order valence-corrected chi connectivity index (χ2v) is 3.91. The molecule has 0 aliphatic carbocycles. The average Bonchev–Trinajstić information content (AvgIpc) is 2.29. The molecule has 0 atom stereocenters. The molecule has 0 spiro atoms. The fourth-order valence-electron chi connectivity index (χ4n) is 1.52. The summed E-state index contributed by atoms with van der Waals surface area (Å²) in [6.45, 7) is 6.73. The van der Waals surface area contributed by atoms with Gasteiger partial charge in [-0.1, -0.05) is 0 Å². The number of halogens is 1. The van der Waals surface area contributed by atoms with Gasteiger partial charge in [-0.05, 0) is 20.8 Å². The van der Waals surface area contributed by atoms with Gasteiger partial charge in [0.15, 0.2) is 11.6 Å². The molecule has 96 valence electrons. The number of hydrogen-bond donors (Lipinski definition) is 2. The van der Waals surface area contributed by atoms with Gasteiger partial charge in [-0.25, -0.2) is 9.37 Å². The van der Waals surface area contributed by atoms with E-state index in [0.717, 1.165) is 6.20 Å². The lowest BCUT2D eigenvalue weighted by atomic mass is 10.3. The highest BCUT2D eigenvalue weighted by atomic mass is 19.1. The molecular weight excluding hydrogens is 223 g/mol. The lowest BCUT2D eigenvalue weighted by Gasteiger charge is -2.27. The zero-order valence-corrected chi connectivity index (χ0v) is 10.4. The first kappa shape index (κ1) is 13.6. The first-order valence-corrected chi connectivity index (χ1v) is 5.74. The fraction of sp³-hybridized carbons (Fsp3) is 0.636. The number of rotatable bonds is 6. The Morgan fingerprint density at radius 3 is 2.76 bits per heavy atom. The molecule has 5 nitrogen and oxygen atoms in total. The van der Waals surface area contributed by atoms with Crippen LogP contribution in [0.4, 0.5) is 16.2 Å². The van der Waals surface area contributed by atoms with E-state index in [1.54, 1.807) is 4.90 Å². The molecule has 0 radical (unpaired) electrons. The number of aliphatic hydroxyl groups is 1. The predicted molar refractivity (Wildman–Crippen MR) is 65.7 cm³/mol. The summed E-state index contributed by atoms with van der Waals surface area (Å²) in [4.78, 5) is 9.67. The van der Waals surface area contributed by atoms with E-state index in [0.29, 0.717) is 19.0 Å². The molecule has 1 heterocycles. The van der Waals surface area contributed by atoms with Crippen LogP contribution < -0.4 is 10.2 Å². The van der Waals surface area contributed by atoms with Crippen molar-refractivity contribution in [2.45, 2.75) is 26.8 Å². The summed E-state index contributed by atoms with van der Waals surface area (Å²) in [5.74, 6) is 0.140. The van der Waals surface area contributed by atoms with E-state index >= 15 is 0 Å². The zero-order chi connectivity index (χ0) is 12.8. The molecule has 0 aliphatic rings. The van der Waals surface area contributed by atoms with Crippen LogP contribution in [-0.2, 0) is 0 Å². The molecule has 0 aromatic carbocycles. The molecule has 0 amide bonds. The Kier molecular flexibility index (Phi) is 5.09. The topological polar surface area (TPSA) is 61.3 Å². The van der Waals surface area contributed by atoms with E-state index in [9.17, 15) is 4.39 Å². The molecular formula is C11H19FN4O. The molecule has 2 N–H and O–H groups in total. The monoisotopic (exact) mass is 242 g/mol. The van der Waals surface area contributed by atoms with E-state index in [1.807, 2.05) is 20.8 Å². The molecule has 0 bridgehead atoms. The standard InChI is InChI=1S/C11H19FN4O/c1-4-13-11-14-7-9(12)10(15-11)16(5-6-17)8(2)3/h7-8,17H,4-6H2,1-3H3,(H,13,14,15). The van der Waals surface area contributed by atoms with Crippen LogP contribution in [-0.4, -0.2) is 40.8 Å². The minimum atomic E-state index is -0.478. The molecule has 1 aromatic rings. The predicted octanol–water partition coefficient (Wildman–Crippen LogP) is 1.25. The van der Waals surface area contributed by atoms with Gasteiger partial charge in [-0.2, -0.15) is 4.98 Å². The highest BCUT2D eigenvalue weighted by molar-refractivity contribution is 5.44. The summed E-state index contributed by atoms with van der Waals surface area (Å²) in [6, 6.07) is 0.0565. The minimum absolute atomic E-state index is 0.0435. The van der Waals surface area contributed by atoms with Gasteiger partial charge >= 0.3 is 0 Å². The van der Waals surface area contributed by atoms with Crippen LogP contribution >= 0.6 is 0 Å². The molecule has 0 fully saturated rings. The van der Waals surface area contributed by atoms with Crippen LogP contribution in [0.3, 0.4) is 0 Å². The maximum atomic E-state index is 13.7. The van der Waals surface area contributed by atoms with Crippen molar-refractivity contribution < 1.29 is 9.50 Å². The van der Waals surface area contributed by atoms with Crippen LogP contribution in [0, 0.1) is 5.82 Å². The SMILES string of the molecule is CCNc1ncc(F)c(N(CCO)C(C)C)n1. The smallest absolute Gasteiger partial charge is 0.224 e. The van der Waals surface area contributed by atoms with Crippen molar-refractivity contribution in [3.8, 4) is 0 Å². The van der Waals surface area contributed by atoms with Gasteiger partial charge in [0.05, 0.1) is 12.8 Å². The lowest BCUT2D eigenvalue weighted by Crippen LogP contribution is -2.35. The number of nitrogens with zero attached hydrogens (tertiary/aromatic N) is 3. The third kappa shape index (κ3) is 3.52. The second kappa shape index (κ2) is 6.34. The van der Waals surface area contributed by atoms with Gasteiger partial charge in [0.1, 0.15) is 0 Å². The number of nitrogens with one attached hydrogen (secondary N) is 1. The highest BCUT2D eigenvalue weighted by Gasteiger charge is 2.17. The summed E-state index contributed by atoms with van der Waals surface area (Å²) >= 11 is 0. The lowest BCUT2D eigenvalue weighted by molar-refractivity contribution is 0.298. The third-order valence-corrected chi connectivity index (χ3v) is 2.30. The molecule has 17 heavy (non-hydrogen) atoms. The first-order chi connectivity index (χ1) is 8.10. The Morgan fingerprint density at radius 1 is 1.53 bits per heavy atom. The Bertz CT molecular complexity index is 359. The molecule has 6 heteroatoms. The van der Waals surface area contributed by atoms with E-state index in [2.05, 4.69) is 15.3 Å². The number of aromatic nitrogens is 2. The van der Waals surface area contributed by atoms with Crippen LogP contribution in [0.5, 0.6) is 0 Å². The number of aliphatic hydroxyl groups excluding tert-OH is 1. The maximum Gasteiger partial charge on any atom is 0.224 e. The van der Waals surface area contributed by atoms with Gasteiger partial charge < -0.3 is 15.3 Å². The Labute approximate surface area is 101 Å². The van der Waals surface area contributed by atoms with Crippen LogP contribution in [0.25, 0.3) is 0 Å². The summed E-state index contributed by atoms with van der Waals surface area (Å²) in [6.07, 6.45) is 1.15. The van der Waals surface area contributed by atoms with Crippen molar-refractivity contribution in [1.82, 2.24) is 9.97 Å². The highest BCUT2D eigenvalue weighted by Crippen LogP contribution is 2.19. The fourth-order valence-corrected chi connectivity index (χ4v) is 1.52. The van der Waals surface area contributed by atoms with Crippen molar-refractivity contribution in [1.29, 1.82) is 0 Å². The minimum Gasteiger partial charge on any atom is -0.395 e. The molecule has 1 rings (SSSR count). The molecule has 0 saturated carbocycles. The van der Waals surface area contributed by atoms with Crippen molar-refractivity contribution >= 4 is 11.8 Å².